The van der Waals surface area contributed by atoms with E-state index in [1.165, 1.54) is 10.8 Å². The lowest BCUT2D eigenvalue weighted by Crippen LogP contribution is -2.21. The summed E-state index contributed by atoms with van der Waals surface area (Å²) in [6.45, 7) is 0.423. The molecule has 0 aliphatic heterocycles. The van der Waals surface area contributed by atoms with E-state index < -0.39 is 12.0 Å². The predicted molar refractivity (Wildman–Crippen MR) is 104 cm³/mol. The Labute approximate surface area is 167 Å². The molecule has 0 saturated carbocycles. The third-order valence-electron chi connectivity index (χ3n) is 5.16. The van der Waals surface area contributed by atoms with Crippen LogP contribution in [0.25, 0.3) is 27.6 Å². The van der Waals surface area contributed by atoms with E-state index in [1.807, 2.05) is 42.1 Å². The van der Waals surface area contributed by atoms with E-state index in [2.05, 4.69) is 15.1 Å². The highest BCUT2D eigenvalue weighted by Crippen LogP contribution is 2.27. The Morgan fingerprint density at radius 3 is 2.67 bits per heavy atom. The van der Waals surface area contributed by atoms with Gasteiger partial charge in [0.05, 0.1) is 10.9 Å². The van der Waals surface area contributed by atoms with Gasteiger partial charge in [0.25, 0.3) is 17.2 Å². The summed E-state index contributed by atoms with van der Waals surface area (Å²) in [4.78, 5) is 20.2. The molecule has 7 nitrogen and oxygen atoms in total. The lowest BCUT2D eigenvalue weighted by molar-refractivity contribution is -0.144. The highest BCUT2D eigenvalue weighted by atomic mass is 19.4. The maximum atomic E-state index is 12.9. The molecular weight excluding hydrogens is 397 g/mol. The van der Waals surface area contributed by atoms with Gasteiger partial charge in [0, 0.05) is 43.1 Å². The molecule has 0 aliphatic carbocycles. The summed E-state index contributed by atoms with van der Waals surface area (Å²) in [6, 6.07) is 9.58. The average molecular weight is 412 g/mol. The fraction of sp³-hybridized carbons (Fsp3) is 0.200. The van der Waals surface area contributed by atoms with E-state index in [0.29, 0.717) is 13.0 Å². The predicted octanol–water partition coefficient (Wildman–Crippen LogP) is 3.19. The van der Waals surface area contributed by atoms with Crippen LogP contribution in [0.15, 0.2) is 53.7 Å². The van der Waals surface area contributed by atoms with Crippen LogP contribution in [0.2, 0.25) is 0 Å². The highest BCUT2D eigenvalue weighted by molar-refractivity contribution is 5.84. The van der Waals surface area contributed by atoms with Crippen LogP contribution in [-0.4, -0.2) is 28.7 Å². The topological polar surface area (TPSA) is 70.0 Å². The smallest absolute Gasteiger partial charge is 0.350 e. The summed E-state index contributed by atoms with van der Waals surface area (Å²) in [5, 5.41) is 4.79. The molecule has 5 rings (SSSR count). The Kier molecular flexibility index (Phi) is 3.92. The second kappa shape index (κ2) is 6.41. The van der Waals surface area contributed by atoms with Gasteiger partial charge in [0.2, 0.25) is 0 Å². The van der Waals surface area contributed by atoms with Crippen LogP contribution in [0.4, 0.5) is 13.2 Å². The van der Waals surface area contributed by atoms with Crippen molar-refractivity contribution in [3.8, 4) is 0 Å². The SMILES string of the molecule is Cn1cc(CCn2ccc3c(cnc4nc(C(F)(F)F)nn43)c2=O)c2ccccc21. The molecule has 1 aromatic carbocycles. The zero-order chi connectivity index (χ0) is 21.0. The molecule has 5 aromatic rings. The second-order valence-electron chi connectivity index (χ2n) is 7.05. The number of hydrogen-bond donors (Lipinski definition) is 0. The van der Waals surface area contributed by atoms with Gasteiger partial charge in [-0.1, -0.05) is 18.2 Å². The van der Waals surface area contributed by atoms with Crippen LogP contribution in [0, 0.1) is 0 Å². The summed E-state index contributed by atoms with van der Waals surface area (Å²) in [7, 11) is 1.97. The van der Waals surface area contributed by atoms with Crippen molar-refractivity contribution < 1.29 is 13.2 Å². The summed E-state index contributed by atoms with van der Waals surface area (Å²) < 4.78 is 43.2. The molecule has 0 N–H and O–H groups in total. The minimum Gasteiger partial charge on any atom is -0.350 e. The number of nitrogens with zero attached hydrogens (tertiary/aromatic N) is 6. The lowest BCUT2D eigenvalue weighted by atomic mass is 10.1. The number of hydrogen-bond acceptors (Lipinski definition) is 4. The highest BCUT2D eigenvalue weighted by Gasteiger charge is 2.36. The number of rotatable bonds is 3. The second-order valence-corrected chi connectivity index (χ2v) is 7.05. The number of aryl methyl sites for hydroxylation is 3. The van der Waals surface area contributed by atoms with Crippen molar-refractivity contribution >= 4 is 27.6 Å². The normalized spacial score (nSPS) is 12.4. The molecule has 10 heteroatoms. The maximum Gasteiger partial charge on any atom is 0.453 e. The number of halogens is 3. The average Bonchev–Trinajstić information content (AvgIpc) is 3.30. The van der Waals surface area contributed by atoms with Crippen LogP contribution in [0.1, 0.15) is 11.4 Å². The van der Waals surface area contributed by atoms with Gasteiger partial charge in [-0.15, -0.1) is 5.10 Å². The molecule has 0 radical (unpaired) electrons. The van der Waals surface area contributed by atoms with Gasteiger partial charge < -0.3 is 9.13 Å². The van der Waals surface area contributed by atoms with Crippen LogP contribution in [0.3, 0.4) is 0 Å². The van der Waals surface area contributed by atoms with Gasteiger partial charge in [0.1, 0.15) is 0 Å². The Morgan fingerprint density at radius 1 is 1.07 bits per heavy atom. The zero-order valence-electron chi connectivity index (χ0n) is 15.8. The first-order valence-corrected chi connectivity index (χ1v) is 9.18. The Hall–Kier alpha value is -3.69. The van der Waals surface area contributed by atoms with Gasteiger partial charge in [-0.2, -0.15) is 22.7 Å². The van der Waals surface area contributed by atoms with E-state index in [0.717, 1.165) is 21.0 Å². The van der Waals surface area contributed by atoms with E-state index in [1.54, 1.807) is 12.3 Å². The van der Waals surface area contributed by atoms with E-state index in [4.69, 9.17) is 0 Å². The van der Waals surface area contributed by atoms with Crippen LogP contribution in [-0.2, 0) is 26.2 Å². The molecule has 152 valence electrons. The number of aromatic nitrogens is 6. The molecule has 30 heavy (non-hydrogen) atoms. The van der Waals surface area contributed by atoms with Crippen molar-refractivity contribution in [2.45, 2.75) is 19.1 Å². The number of benzene rings is 1. The zero-order valence-corrected chi connectivity index (χ0v) is 15.8. The van der Waals surface area contributed by atoms with Crippen molar-refractivity contribution in [2.24, 2.45) is 7.05 Å². The number of fused-ring (bicyclic) bond motifs is 4. The van der Waals surface area contributed by atoms with Gasteiger partial charge in [-0.3, -0.25) is 4.79 Å². The Morgan fingerprint density at radius 2 is 1.87 bits per heavy atom. The Bertz CT molecular complexity index is 1480. The molecule has 0 spiro atoms. The largest absolute Gasteiger partial charge is 0.453 e. The molecule has 0 bridgehead atoms. The minimum absolute atomic E-state index is 0.182. The molecule has 0 unspecified atom stereocenters. The van der Waals surface area contributed by atoms with Gasteiger partial charge in [0.15, 0.2) is 0 Å². The third kappa shape index (κ3) is 2.83. The number of para-hydroxylation sites is 1. The van der Waals surface area contributed by atoms with Gasteiger partial charge in [-0.25, -0.2) is 4.98 Å². The molecule has 0 saturated heterocycles. The first-order chi connectivity index (χ1) is 14.3. The molecule has 0 amide bonds. The molecule has 0 aliphatic rings. The third-order valence-corrected chi connectivity index (χ3v) is 5.16. The van der Waals surface area contributed by atoms with E-state index in [9.17, 15) is 18.0 Å². The van der Waals surface area contributed by atoms with Crippen LogP contribution >= 0.6 is 0 Å². The van der Waals surface area contributed by atoms with E-state index >= 15 is 0 Å². The monoisotopic (exact) mass is 412 g/mol. The van der Waals surface area contributed by atoms with Crippen molar-refractivity contribution in [3.05, 3.63) is 70.7 Å². The first-order valence-electron chi connectivity index (χ1n) is 9.18. The van der Waals surface area contributed by atoms with Crippen molar-refractivity contribution in [3.63, 3.8) is 0 Å². The molecule has 4 heterocycles. The van der Waals surface area contributed by atoms with Gasteiger partial charge >= 0.3 is 6.18 Å². The lowest BCUT2D eigenvalue weighted by Gasteiger charge is -2.07. The van der Waals surface area contributed by atoms with Crippen LogP contribution < -0.4 is 5.56 Å². The van der Waals surface area contributed by atoms with Crippen molar-refractivity contribution in [2.75, 3.05) is 0 Å². The van der Waals surface area contributed by atoms with Crippen molar-refractivity contribution in [1.82, 2.24) is 28.7 Å². The van der Waals surface area contributed by atoms with Crippen molar-refractivity contribution in [1.29, 1.82) is 0 Å². The summed E-state index contributed by atoms with van der Waals surface area (Å²) >= 11 is 0. The fourth-order valence-electron chi connectivity index (χ4n) is 3.72. The molecule has 0 fully saturated rings. The maximum absolute atomic E-state index is 12.9. The summed E-state index contributed by atoms with van der Waals surface area (Å²) in [6.07, 6.45) is 0.786. The molecular formula is C20H15F3N6O. The fourth-order valence-corrected chi connectivity index (χ4v) is 3.72. The summed E-state index contributed by atoms with van der Waals surface area (Å²) in [5.41, 5.74) is 2.11. The quantitative estimate of drug-likeness (QED) is 0.456. The summed E-state index contributed by atoms with van der Waals surface area (Å²) in [5.74, 6) is -1.50. The standard InChI is InChI=1S/C20H15F3N6O/c1-27-11-12(13-4-2-3-5-15(13)27)6-8-28-9-7-16-14(17(28)30)10-24-19-25-18(20(21,22)23)26-29(16)19/h2-5,7,9-11H,6,8H2,1H3. The minimum atomic E-state index is -4.69. The number of alkyl halides is 3. The Balaban J connectivity index is 1.53. The molecule has 4 aromatic heterocycles. The van der Waals surface area contributed by atoms with Gasteiger partial charge in [-0.05, 0) is 24.1 Å². The van der Waals surface area contributed by atoms with E-state index in [-0.39, 0.29) is 22.2 Å². The number of pyridine rings is 1. The first kappa shape index (κ1) is 18.3. The molecule has 0 atom stereocenters. The van der Waals surface area contributed by atoms with Crippen LogP contribution in [0.5, 0.6) is 0 Å².